The molecule has 1 aromatic carbocycles. The summed E-state index contributed by atoms with van der Waals surface area (Å²) in [5, 5.41) is 0. The zero-order valence-corrected chi connectivity index (χ0v) is 11.2. The fourth-order valence-corrected chi connectivity index (χ4v) is 2.78. The third-order valence-corrected chi connectivity index (χ3v) is 3.84. The molecule has 1 aliphatic rings. The molecule has 19 heavy (non-hydrogen) atoms. The van der Waals surface area contributed by atoms with Gasteiger partial charge in [0.05, 0.1) is 6.42 Å². The lowest BCUT2D eigenvalue weighted by atomic mass is 9.74. The quantitative estimate of drug-likeness (QED) is 0.822. The SMILES string of the molecule is CCCn1ccnc1CC(=O)C1Cc2ccccc21. The van der Waals surface area contributed by atoms with Crippen LogP contribution >= 0.6 is 0 Å². The van der Waals surface area contributed by atoms with Crippen molar-refractivity contribution in [1.82, 2.24) is 9.55 Å². The van der Waals surface area contributed by atoms with E-state index in [-0.39, 0.29) is 5.92 Å². The van der Waals surface area contributed by atoms with E-state index in [1.165, 1.54) is 11.1 Å². The Morgan fingerprint density at radius 1 is 1.42 bits per heavy atom. The normalized spacial score (nSPS) is 16.8. The Morgan fingerprint density at radius 2 is 2.26 bits per heavy atom. The second-order valence-electron chi connectivity index (χ2n) is 5.14. The molecule has 1 heterocycles. The maximum atomic E-state index is 12.4. The summed E-state index contributed by atoms with van der Waals surface area (Å²) >= 11 is 0. The molecule has 1 aliphatic carbocycles. The van der Waals surface area contributed by atoms with E-state index in [2.05, 4.69) is 28.6 Å². The number of nitrogens with zero attached hydrogens (tertiary/aromatic N) is 2. The third-order valence-electron chi connectivity index (χ3n) is 3.84. The molecule has 1 atom stereocenters. The molecule has 2 aromatic rings. The van der Waals surface area contributed by atoms with Gasteiger partial charge in [-0.1, -0.05) is 31.2 Å². The van der Waals surface area contributed by atoms with Crippen molar-refractivity contribution in [2.45, 2.75) is 38.6 Å². The third kappa shape index (κ3) is 2.21. The van der Waals surface area contributed by atoms with Crippen LogP contribution in [-0.4, -0.2) is 15.3 Å². The fourth-order valence-electron chi connectivity index (χ4n) is 2.78. The number of rotatable bonds is 5. The molecular formula is C16H18N2O. The minimum absolute atomic E-state index is 0.0861. The molecule has 0 amide bonds. The number of imidazole rings is 1. The number of aromatic nitrogens is 2. The summed E-state index contributed by atoms with van der Waals surface area (Å²) in [6.45, 7) is 3.07. The van der Waals surface area contributed by atoms with Crippen molar-refractivity contribution in [3.63, 3.8) is 0 Å². The number of fused-ring (bicyclic) bond motifs is 1. The van der Waals surface area contributed by atoms with E-state index in [9.17, 15) is 4.79 Å². The summed E-state index contributed by atoms with van der Waals surface area (Å²) in [6, 6.07) is 8.22. The number of carbonyl (C=O) groups is 1. The Kier molecular flexibility index (Phi) is 3.20. The van der Waals surface area contributed by atoms with Crippen LogP contribution in [0.3, 0.4) is 0 Å². The predicted molar refractivity (Wildman–Crippen MR) is 74.1 cm³/mol. The molecule has 0 spiro atoms. The number of aryl methyl sites for hydroxylation is 1. The van der Waals surface area contributed by atoms with Crippen LogP contribution < -0.4 is 0 Å². The minimum Gasteiger partial charge on any atom is -0.335 e. The first-order chi connectivity index (χ1) is 9.29. The summed E-state index contributed by atoms with van der Waals surface area (Å²) in [4.78, 5) is 16.7. The molecule has 0 aliphatic heterocycles. The van der Waals surface area contributed by atoms with Crippen LogP contribution in [0.1, 0.15) is 36.2 Å². The van der Waals surface area contributed by atoms with Gasteiger partial charge in [0.25, 0.3) is 0 Å². The standard InChI is InChI=1S/C16H18N2O/c1-2-8-18-9-7-17-16(18)11-15(19)14-10-12-5-3-4-6-13(12)14/h3-7,9,14H,2,8,10-11H2,1H3. The van der Waals surface area contributed by atoms with Crippen LogP contribution in [0.25, 0.3) is 0 Å². The number of carbonyl (C=O) groups excluding carboxylic acids is 1. The second-order valence-corrected chi connectivity index (χ2v) is 5.14. The van der Waals surface area contributed by atoms with Gasteiger partial charge in [0.2, 0.25) is 0 Å². The Bertz CT molecular complexity index is 600. The van der Waals surface area contributed by atoms with Crippen molar-refractivity contribution >= 4 is 5.78 Å². The number of Topliss-reactive ketones (excluding diaryl/α,β-unsaturated/α-hetero) is 1. The first-order valence-corrected chi connectivity index (χ1v) is 6.90. The summed E-state index contributed by atoms with van der Waals surface area (Å²) in [7, 11) is 0. The Morgan fingerprint density at radius 3 is 3.05 bits per heavy atom. The van der Waals surface area contributed by atoms with Crippen LogP contribution in [0, 0.1) is 0 Å². The molecule has 0 saturated carbocycles. The second kappa shape index (κ2) is 5.00. The van der Waals surface area contributed by atoms with Gasteiger partial charge in [-0.25, -0.2) is 4.98 Å². The van der Waals surface area contributed by atoms with E-state index in [0.29, 0.717) is 12.2 Å². The highest BCUT2D eigenvalue weighted by molar-refractivity contribution is 5.89. The average molecular weight is 254 g/mol. The lowest BCUT2D eigenvalue weighted by molar-refractivity contribution is -0.120. The van der Waals surface area contributed by atoms with Gasteiger partial charge in [-0.2, -0.15) is 0 Å². The number of benzene rings is 1. The monoisotopic (exact) mass is 254 g/mol. The smallest absolute Gasteiger partial charge is 0.148 e. The topological polar surface area (TPSA) is 34.9 Å². The van der Waals surface area contributed by atoms with E-state index >= 15 is 0 Å². The average Bonchev–Trinajstić information content (AvgIpc) is 2.79. The molecule has 98 valence electrons. The Balaban J connectivity index is 1.71. The predicted octanol–water partition coefficient (Wildman–Crippen LogP) is 2.74. The number of hydrogen-bond donors (Lipinski definition) is 0. The molecule has 3 heteroatoms. The van der Waals surface area contributed by atoms with Gasteiger partial charge in [0.1, 0.15) is 11.6 Å². The molecule has 1 aromatic heterocycles. The van der Waals surface area contributed by atoms with Gasteiger partial charge < -0.3 is 4.57 Å². The lowest BCUT2D eigenvalue weighted by Crippen LogP contribution is -2.27. The molecular weight excluding hydrogens is 236 g/mol. The van der Waals surface area contributed by atoms with Crippen LogP contribution in [-0.2, 0) is 24.2 Å². The number of ketones is 1. The van der Waals surface area contributed by atoms with Gasteiger partial charge in [-0.05, 0) is 24.0 Å². The molecule has 3 nitrogen and oxygen atoms in total. The van der Waals surface area contributed by atoms with E-state index in [0.717, 1.165) is 25.2 Å². The highest BCUT2D eigenvalue weighted by Gasteiger charge is 2.31. The lowest BCUT2D eigenvalue weighted by Gasteiger charge is -2.28. The summed E-state index contributed by atoms with van der Waals surface area (Å²) < 4.78 is 2.09. The zero-order valence-electron chi connectivity index (χ0n) is 11.2. The summed E-state index contributed by atoms with van der Waals surface area (Å²) in [5.74, 6) is 1.28. The van der Waals surface area contributed by atoms with Crippen molar-refractivity contribution < 1.29 is 4.79 Å². The molecule has 0 saturated heterocycles. The van der Waals surface area contributed by atoms with Gasteiger partial charge >= 0.3 is 0 Å². The number of hydrogen-bond acceptors (Lipinski definition) is 2. The first-order valence-electron chi connectivity index (χ1n) is 6.90. The molecule has 0 bridgehead atoms. The van der Waals surface area contributed by atoms with E-state index in [1.54, 1.807) is 6.20 Å². The van der Waals surface area contributed by atoms with E-state index in [4.69, 9.17) is 0 Å². The highest BCUT2D eigenvalue weighted by Crippen LogP contribution is 2.35. The minimum atomic E-state index is 0.0861. The fraction of sp³-hybridized carbons (Fsp3) is 0.375. The largest absolute Gasteiger partial charge is 0.335 e. The van der Waals surface area contributed by atoms with E-state index in [1.807, 2.05) is 18.3 Å². The van der Waals surface area contributed by atoms with Crippen molar-refractivity contribution in [2.75, 3.05) is 0 Å². The van der Waals surface area contributed by atoms with Gasteiger partial charge in [0, 0.05) is 24.9 Å². The Labute approximate surface area is 113 Å². The van der Waals surface area contributed by atoms with Gasteiger partial charge in [0.15, 0.2) is 0 Å². The molecule has 0 fully saturated rings. The van der Waals surface area contributed by atoms with E-state index < -0.39 is 0 Å². The zero-order chi connectivity index (χ0) is 13.2. The van der Waals surface area contributed by atoms with Gasteiger partial charge in [-0.3, -0.25) is 4.79 Å². The summed E-state index contributed by atoms with van der Waals surface area (Å²) in [6.07, 6.45) is 6.15. The van der Waals surface area contributed by atoms with Crippen LogP contribution in [0.2, 0.25) is 0 Å². The van der Waals surface area contributed by atoms with Gasteiger partial charge in [-0.15, -0.1) is 0 Å². The molecule has 3 rings (SSSR count). The Hall–Kier alpha value is -1.90. The van der Waals surface area contributed by atoms with Crippen LogP contribution in [0.15, 0.2) is 36.7 Å². The maximum Gasteiger partial charge on any atom is 0.148 e. The molecule has 1 unspecified atom stereocenters. The highest BCUT2D eigenvalue weighted by atomic mass is 16.1. The van der Waals surface area contributed by atoms with Crippen molar-refractivity contribution in [1.29, 1.82) is 0 Å². The summed E-state index contributed by atoms with van der Waals surface area (Å²) in [5.41, 5.74) is 2.53. The van der Waals surface area contributed by atoms with Crippen LogP contribution in [0.5, 0.6) is 0 Å². The maximum absolute atomic E-state index is 12.4. The van der Waals surface area contributed by atoms with Crippen molar-refractivity contribution in [2.24, 2.45) is 0 Å². The van der Waals surface area contributed by atoms with Crippen molar-refractivity contribution in [3.05, 3.63) is 53.6 Å². The first kappa shape index (κ1) is 12.2. The van der Waals surface area contributed by atoms with Crippen LogP contribution in [0.4, 0.5) is 0 Å². The van der Waals surface area contributed by atoms with Crippen molar-refractivity contribution in [3.8, 4) is 0 Å². The molecule has 0 N–H and O–H groups in total. The molecule has 0 radical (unpaired) electrons.